The lowest BCUT2D eigenvalue weighted by Crippen LogP contribution is -2.19. The molecule has 0 bridgehead atoms. The van der Waals surface area contributed by atoms with Crippen LogP contribution in [0.2, 0.25) is 0 Å². The highest BCUT2D eigenvalue weighted by molar-refractivity contribution is 6.07. The second-order valence-electron chi connectivity index (χ2n) is 5.25. The van der Waals surface area contributed by atoms with E-state index in [1.165, 1.54) is 24.3 Å². The number of benzene rings is 2. The number of aromatic amines is 1. The Balaban J connectivity index is 2.35. The first-order chi connectivity index (χ1) is 11.6. The minimum Gasteiger partial charge on any atom is -0.320 e. The van der Waals surface area contributed by atoms with Crippen molar-refractivity contribution in [1.82, 2.24) is 4.98 Å². The van der Waals surface area contributed by atoms with Gasteiger partial charge in [0.25, 0.3) is 5.56 Å². The van der Waals surface area contributed by atoms with Gasteiger partial charge in [-0.05, 0) is 36.8 Å². The Hall–Kier alpha value is -3.21. The highest BCUT2D eigenvalue weighted by atomic mass is 19.1. The number of pyridine rings is 1. The van der Waals surface area contributed by atoms with Gasteiger partial charge in [0.15, 0.2) is 0 Å². The molecule has 0 atom stereocenters. The maximum absolute atomic E-state index is 13.8. The van der Waals surface area contributed by atoms with Gasteiger partial charge < -0.3 is 10.3 Å². The van der Waals surface area contributed by atoms with Crippen LogP contribution >= 0.6 is 0 Å². The quantitative estimate of drug-likeness (QED) is 0.720. The molecule has 0 radical (unpaired) electrons. The van der Waals surface area contributed by atoms with E-state index in [2.05, 4.69) is 10.3 Å². The average molecular weight is 322 g/mol. The number of hydrogen-bond acceptors (Lipinski definition) is 2. The van der Waals surface area contributed by atoms with Crippen molar-refractivity contribution in [2.24, 2.45) is 0 Å². The number of carbonyl (C=O) groups excluding carboxylic acids is 1. The Bertz CT molecular complexity index is 991. The van der Waals surface area contributed by atoms with Crippen molar-refractivity contribution < 1.29 is 9.18 Å². The zero-order chi connectivity index (χ0) is 17.1. The molecule has 1 aromatic heterocycles. The molecule has 0 aliphatic heterocycles. The predicted octanol–water partition coefficient (Wildman–Crippen LogP) is 3.85. The molecule has 0 fully saturated rings. The van der Waals surface area contributed by atoms with Gasteiger partial charge in [0.2, 0.25) is 5.91 Å². The topological polar surface area (TPSA) is 62.0 Å². The maximum atomic E-state index is 13.8. The van der Waals surface area contributed by atoms with E-state index in [9.17, 15) is 14.0 Å². The fourth-order valence-electron chi connectivity index (χ4n) is 2.61. The first-order valence-electron chi connectivity index (χ1n) is 7.45. The fraction of sp³-hybridized carbons (Fsp3) is 0.0526. The van der Waals surface area contributed by atoms with Crippen LogP contribution in [0.25, 0.3) is 22.0 Å². The molecular formula is C19H15FN2O2. The van der Waals surface area contributed by atoms with Crippen molar-refractivity contribution in [3.63, 3.8) is 0 Å². The third-order valence-electron chi connectivity index (χ3n) is 3.60. The molecule has 24 heavy (non-hydrogen) atoms. The molecule has 0 spiro atoms. The number of H-pyrrole nitrogens is 1. The van der Waals surface area contributed by atoms with E-state index in [1.54, 1.807) is 13.0 Å². The van der Waals surface area contributed by atoms with E-state index < -0.39 is 17.3 Å². The number of aromatic nitrogens is 1. The second-order valence-corrected chi connectivity index (χ2v) is 5.25. The Morgan fingerprint density at radius 1 is 1.17 bits per heavy atom. The Morgan fingerprint density at radius 2 is 1.92 bits per heavy atom. The van der Waals surface area contributed by atoms with Gasteiger partial charge >= 0.3 is 0 Å². The molecule has 0 unspecified atom stereocenters. The summed E-state index contributed by atoms with van der Waals surface area (Å²) in [5.41, 5.74) is 1.37. The summed E-state index contributed by atoms with van der Waals surface area (Å²) in [4.78, 5) is 27.1. The predicted molar refractivity (Wildman–Crippen MR) is 93.4 cm³/mol. The second kappa shape index (κ2) is 6.50. The van der Waals surface area contributed by atoms with Crippen molar-refractivity contribution >= 4 is 22.5 Å². The molecule has 1 amide bonds. The first kappa shape index (κ1) is 15.7. The summed E-state index contributed by atoms with van der Waals surface area (Å²) in [5.74, 6) is -0.839. The van der Waals surface area contributed by atoms with E-state index in [0.717, 1.165) is 5.56 Å². The highest BCUT2D eigenvalue weighted by Crippen LogP contribution is 2.32. The van der Waals surface area contributed by atoms with Crippen LogP contribution in [0.1, 0.15) is 6.92 Å². The molecule has 0 saturated heterocycles. The van der Waals surface area contributed by atoms with Gasteiger partial charge in [-0.3, -0.25) is 9.59 Å². The molecule has 2 aromatic carbocycles. The molecule has 1 heterocycles. The van der Waals surface area contributed by atoms with Crippen molar-refractivity contribution in [1.29, 1.82) is 0 Å². The van der Waals surface area contributed by atoms with Crippen LogP contribution in [0.15, 0.2) is 65.5 Å². The molecule has 120 valence electrons. The number of amides is 1. The minimum atomic E-state index is -0.439. The van der Waals surface area contributed by atoms with Crippen LogP contribution in [0, 0.1) is 5.82 Å². The number of allylic oxidation sites excluding steroid dienone is 1. The summed E-state index contributed by atoms with van der Waals surface area (Å²) in [6, 6.07) is 13.2. The molecule has 3 aromatic rings. The fourth-order valence-corrected chi connectivity index (χ4v) is 2.61. The van der Waals surface area contributed by atoms with Crippen LogP contribution < -0.4 is 10.9 Å². The Morgan fingerprint density at radius 3 is 2.62 bits per heavy atom. The number of nitrogens with one attached hydrogen (secondary N) is 2. The van der Waals surface area contributed by atoms with E-state index in [0.29, 0.717) is 16.5 Å². The van der Waals surface area contributed by atoms with Gasteiger partial charge in [-0.1, -0.05) is 36.4 Å². The smallest absolute Gasteiger partial charge is 0.272 e. The maximum Gasteiger partial charge on any atom is 0.272 e. The molecule has 3 rings (SSSR count). The van der Waals surface area contributed by atoms with Gasteiger partial charge in [-0.15, -0.1) is 0 Å². The third-order valence-corrected chi connectivity index (χ3v) is 3.60. The van der Waals surface area contributed by atoms with Gasteiger partial charge in [0.1, 0.15) is 11.5 Å². The lowest BCUT2D eigenvalue weighted by atomic mass is 9.99. The number of fused-ring (bicyclic) bond motifs is 1. The average Bonchev–Trinajstić information content (AvgIpc) is 2.57. The van der Waals surface area contributed by atoms with Crippen molar-refractivity contribution in [2.75, 3.05) is 5.32 Å². The summed E-state index contributed by atoms with van der Waals surface area (Å²) in [6.07, 6.45) is 2.90. The highest BCUT2D eigenvalue weighted by Gasteiger charge is 2.16. The number of hydrogen-bond donors (Lipinski definition) is 2. The van der Waals surface area contributed by atoms with Crippen molar-refractivity contribution in [2.45, 2.75) is 6.92 Å². The van der Waals surface area contributed by atoms with E-state index in [4.69, 9.17) is 0 Å². The number of carbonyl (C=O) groups is 1. The van der Waals surface area contributed by atoms with E-state index in [-0.39, 0.29) is 5.69 Å². The minimum absolute atomic E-state index is 0.0994. The first-order valence-corrected chi connectivity index (χ1v) is 7.45. The van der Waals surface area contributed by atoms with Crippen LogP contribution in [0.5, 0.6) is 0 Å². The monoisotopic (exact) mass is 322 g/mol. The van der Waals surface area contributed by atoms with Gasteiger partial charge in [-0.2, -0.15) is 0 Å². The Kier molecular flexibility index (Phi) is 4.24. The summed E-state index contributed by atoms with van der Waals surface area (Å²) in [5, 5.41) is 3.12. The number of anilines is 1. The van der Waals surface area contributed by atoms with Gasteiger partial charge in [0.05, 0.1) is 0 Å². The summed E-state index contributed by atoms with van der Waals surface area (Å²) in [7, 11) is 0. The normalized spacial score (nSPS) is 11.1. The summed E-state index contributed by atoms with van der Waals surface area (Å²) >= 11 is 0. The van der Waals surface area contributed by atoms with Crippen molar-refractivity contribution in [3.05, 3.63) is 76.9 Å². The molecule has 2 N–H and O–H groups in total. The third kappa shape index (κ3) is 2.96. The van der Waals surface area contributed by atoms with Crippen LogP contribution in [-0.4, -0.2) is 10.9 Å². The zero-order valence-corrected chi connectivity index (χ0v) is 13.0. The van der Waals surface area contributed by atoms with E-state index in [1.807, 2.05) is 30.3 Å². The molecular weight excluding hydrogens is 307 g/mol. The zero-order valence-electron chi connectivity index (χ0n) is 13.0. The summed E-state index contributed by atoms with van der Waals surface area (Å²) in [6.45, 7) is 1.71. The molecule has 5 heteroatoms. The Labute approximate surface area is 137 Å². The van der Waals surface area contributed by atoms with Crippen LogP contribution in [0.4, 0.5) is 10.1 Å². The van der Waals surface area contributed by atoms with Crippen LogP contribution in [0.3, 0.4) is 0 Å². The van der Waals surface area contributed by atoms with Crippen molar-refractivity contribution in [3.8, 4) is 11.1 Å². The molecule has 0 saturated carbocycles. The lowest BCUT2D eigenvalue weighted by Gasteiger charge is -2.13. The van der Waals surface area contributed by atoms with Gasteiger partial charge in [-0.25, -0.2) is 4.39 Å². The molecule has 0 aliphatic carbocycles. The van der Waals surface area contributed by atoms with Crippen LogP contribution in [-0.2, 0) is 4.79 Å². The molecule has 4 nitrogen and oxygen atoms in total. The summed E-state index contributed by atoms with van der Waals surface area (Å²) < 4.78 is 13.8. The van der Waals surface area contributed by atoms with Gasteiger partial charge in [0, 0.05) is 16.5 Å². The molecule has 0 aliphatic rings. The largest absolute Gasteiger partial charge is 0.320 e. The lowest BCUT2D eigenvalue weighted by molar-refractivity contribution is -0.111. The number of rotatable bonds is 3. The van der Waals surface area contributed by atoms with E-state index >= 15 is 0 Å². The SMILES string of the molecule is C/C=C/C(=O)Nc1c(-c2ccccc2)c2cc(F)ccc2[nH]c1=O. The number of halogens is 1. The standard InChI is InChI=1S/C19H15FN2O2/c1-2-6-16(23)22-18-17(12-7-4-3-5-8-12)14-11-13(20)9-10-15(14)21-19(18)24/h2-11H,1H3,(H,21,24)(H,22,23)/b6-2+.